The number of aromatic amines is 1. The van der Waals surface area contributed by atoms with Crippen molar-refractivity contribution in [3.05, 3.63) is 57.5 Å². The van der Waals surface area contributed by atoms with E-state index in [1.54, 1.807) is 19.1 Å². The van der Waals surface area contributed by atoms with Crippen molar-refractivity contribution in [1.82, 2.24) is 15.2 Å². The lowest BCUT2D eigenvalue weighted by atomic mass is 9.98. The summed E-state index contributed by atoms with van der Waals surface area (Å²) in [6, 6.07) is 6.01. The molecule has 0 aliphatic rings. The predicted octanol–water partition coefficient (Wildman–Crippen LogP) is 1.76. The Hall–Kier alpha value is -2.04. The molecule has 0 radical (unpaired) electrons. The van der Waals surface area contributed by atoms with Crippen LogP contribution in [0, 0.1) is 12.7 Å². The molecule has 1 aromatic heterocycles. The van der Waals surface area contributed by atoms with Crippen LogP contribution < -0.4 is 5.56 Å². The van der Waals surface area contributed by atoms with Crippen LogP contribution in [-0.2, 0) is 0 Å². The van der Waals surface area contributed by atoms with Gasteiger partial charge in [0.2, 0.25) is 0 Å². The van der Waals surface area contributed by atoms with Crippen molar-refractivity contribution in [2.24, 2.45) is 0 Å². The summed E-state index contributed by atoms with van der Waals surface area (Å²) in [7, 11) is 0. The zero-order valence-electron chi connectivity index (χ0n) is 9.57. The normalized spacial score (nSPS) is 12.4. The first kappa shape index (κ1) is 11.4. The van der Waals surface area contributed by atoms with E-state index in [4.69, 9.17) is 0 Å². The summed E-state index contributed by atoms with van der Waals surface area (Å²) in [6.45, 7) is 3.50. The van der Waals surface area contributed by atoms with Crippen LogP contribution >= 0.6 is 0 Å². The Labute approximate surface area is 97.5 Å². The first-order valence-corrected chi connectivity index (χ1v) is 5.27. The van der Waals surface area contributed by atoms with Gasteiger partial charge in [-0.2, -0.15) is 0 Å². The standard InChI is InChI=1S/C12H12FN3O/c1-7(9-3-5-10(13)6-4-9)11-12(17)14-8(2)15-16-11/h3-7H,1-2H3,(H,14,15,17). The Morgan fingerprint density at radius 2 is 1.88 bits per heavy atom. The average Bonchev–Trinajstić information content (AvgIpc) is 2.29. The molecular formula is C12H12FN3O. The highest BCUT2D eigenvalue weighted by atomic mass is 19.1. The summed E-state index contributed by atoms with van der Waals surface area (Å²) in [5.74, 6) is -0.0395. The third-order valence-corrected chi connectivity index (χ3v) is 2.61. The van der Waals surface area contributed by atoms with Crippen molar-refractivity contribution in [3.8, 4) is 0 Å². The van der Waals surface area contributed by atoms with E-state index in [2.05, 4.69) is 15.2 Å². The third kappa shape index (κ3) is 2.38. The van der Waals surface area contributed by atoms with Gasteiger partial charge >= 0.3 is 0 Å². The minimum Gasteiger partial charge on any atom is -0.308 e. The van der Waals surface area contributed by atoms with Crippen LogP contribution in [-0.4, -0.2) is 15.2 Å². The number of H-pyrrole nitrogens is 1. The summed E-state index contributed by atoms with van der Waals surface area (Å²) < 4.78 is 12.8. The Balaban J connectivity index is 2.40. The minimum absolute atomic E-state index is 0.215. The molecule has 17 heavy (non-hydrogen) atoms. The van der Waals surface area contributed by atoms with Gasteiger partial charge < -0.3 is 4.98 Å². The first-order valence-electron chi connectivity index (χ1n) is 5.27. The van der Waals surface area contributed by atoms with Crippen LogP contribution in [0.2, 0.25) is 0 Å². The number of hydrogen-bond donors (Lipinski definition) is 1. The molecule has 1 aromatic carbocycles. The minimum atomic E-state index is -0.301. The summed E-state index contributed by atoms with van der Waals surface area (Å²) in [4.78, 5) is 14.3. The van der Waals surface area contributed by atoms with Crippen molar-refractivity contribution in [1.29, 1.82) is 0 Å². The average molecular weight is 233 g/mol. The van der Waals surface area contributed by atoms with Crippen LogP contribution in [0.4, 0.5) is 4.39 Å². The number of benzene rings is 1. The molecule has 0 saturated heterocycles. The van der Waals surface area contributed by atoms with E-state index in [-0.39, 0.29) is 17.3 Å². The molecule has 1 N–H and O–H groups in total. The highest BCUT2D eigenvalue weighted by Crippen LogP contribution is 2.19. The maximum Gasteiger partial charge on any atom is 0.273 e. The third-order valence-electron chi connectivity index (χ3n) is 2.61. The Morgan fingerprint density at radius 1 is 1.24 bits per heavy atom. The number of nitrogens with one attached hydrogen (secondary N) is 1. The molecular weight excluding hydrogens is 221 g/mol. The lowest BCUT2D eigenvalue weighted by Gasteiger charge is -2.09. The molecule has 0 fully saturated rings. The van der Waals surface area contributed by atoms with E-state index in [0.29, 0.717) is 11.5 Å². The molecule has 5 heteroatoms. The van der Waals surface area contributed by atoms with Gasteiger partial charge in [0, 0.05) is 5.92 Å². The van der Waals surface area contributed by atoms with Gasteiger partial charge in [-0.05, 0) is 24.6 Å². The second kappa shape index (κ2) is 4.45. The van der Waals surface area contributed by atoms with E-state index in [1.807, 2.05) is 6.92 Å². The van der Waals surface area contributed by atoms with Gasteiger partial charge in [-0.3, -0.25) is 4.79 Å². The number of aryl methyl sites for hydroxylation is 1. The van der Waals surface area contributed by atoms with Crippen molar-refractivity contribution in [2.75, 3.05) is 0 Å². The molecule has 0 bridgehead atoms. The topological polar surface area (TPSA) is 58.6 Å². The smallest absolute Gasteiger partial charge is 0.273 e. The number of aromatic nitrogens is 3. The Morgan fingerprint density at radius 3 is 2.47 bits per heavy atom. The molecule has 1 atom stereocenters. The monoisotopic (exact) mass is 233 g/mol. The van der Waals surface area contributed by atoms with Gasteiger partial charge in [0.05, 0.1) is 0 Å². The van der Waals surface area contributed by atoms with Gasteiger partial charge in [-0.1, -0.05) is 19.1 Å². The van der Waals surface area contributed by atoms with E-state index in [9.17, 15) is 9.18 Å². The summed E-state index contributed by atoms with van der Waals surface area (Å²) in [5, 5.41) is 7.71. The number of hydrogen-bond acceptors (Lipinski definition) is 3. The maximum absolute atomic E-state index is 12.8. The van der Waals surface area contributed by atoms with Gasteiger partial charge in [-0.15, -0.1) is 10.2 Å². The van der Waals surface area contributed by atoms with Gasteiger partial charge in [0.1, 0.15) is 17.3 Å². The van der Waals surface area contributed by atoms with Crippen LogP contribution in [0.5, 0.6) is 0 Å². The SMILES string of the molecule is Cc1nnc(C(C)c2ccc(F)cc2)c(=O)[nH]1. The Bertz CT molecular complexity index is 577. The van der Waals surface area contributed by atoms with Gasteiger partial charge in [-0.25, -0.2) is 4.39 Å². The van der Waals surface area contributed by atoms with Crippen LogP contribution in [0.3, 0.4) is 0 Å². The fourth-order valence-electron chi connectivity index (χ4n) is 1.62. The second-order valence-electron chi connectivity index (χ2n) is 3.90. The molecule has 2 aromatic rings. The van der Waals surface area contributed by atoms with Crippen LogP contribution in [0.25, 0.3) is 0 Å². The number of nitrogens with zero attached hydrogens (tertiary/aromatic N) is 2. The maximum atomic E-state index is 12.8. The number of rotatable bonds is 2. The molecule has 2 rings (SSSR count). The summed E-state index contributed by atoms with van der Waals surface area (Å²) >= 11 is 0. The van der Waals surface area contributed by atoms with E-state index in [0.717, 1.165) is 5.56 Å². The molecule has 4 nitrogen and oxygen atoms in total. The highest BCUT2D eigenvalue weighted by molar-refractivity contribution is 5.26. The van der Waals surface area contributed by atoms with E-state index >= 15 is 0 Å². The highest BCUT2D eigenvalue weighted by Gasteiger charge is 2.14. The molecule has 0 saturated carbocycles. The zero-order chi connectivity index (χ0) is 12.4. The molecule has 0 amide bonds. The first-order chi connectivity index (χ1) is 8.08. The van der Waals surface area contributed by atoms with Crippen molar-refractivity contribution in [3.63, 3.8) is 0 Å². The number of halogens is 1. The van der Waals surface area contributed by atoms with Crippen LogP contribution in [0.1, 0.15) is 29.9 Å². The van der Waals surface area contributed by atoms with Crippen LogP contribution in [0.15, 0.2) is 29.1 Å². The molecule has 0 aliphatic heterocycles. The lowest BCUT2D eigenvalue weighted by molar-refractivity contribution is 0.626. The summed E-state index contributed by atoms with van der Waals surface area (Å²) in [5.41, 5.74) is 0.909. The quantitative estimate of drug-likeness (QED) is 0.859. The lowest BCUT2D eigenvalue weighted by Crippen LogP contribution is -2.20. The molecule has 88 valence electrons. The largest absolute Gasteiger partial charge is 0.308 e. The van der Waals surface area contributed by atoms with Crippen molar-refractivity contribution in [2.45, 2.75) is 19.8 Å². The van der Waals surface area contributed by atoms with Gasteiger partial charge in [0.15, 0.2) is 0 Å². The zero-order valence-corrected chi connectivity index (χ0v) is 9.57. The summed E-state index contributed by atoms with van der Waals surface area (Å²) in [6.07, 6.45) is 0. The molecule has 0 spiro atoms. The van der Waals surface area contributed by atoms with Crippen molar-refractivity contribution < 1.29 is 4.39 Å². The van der Waals surface area contributed by atoms with E-state index < -0.39 is 0 Å². The molecule has 1 heterocycles. The predicted molar refractivity (Wildman–Crippen MR) is 61.3 cm³/mol. The fraction of sp³-hybridized carbons (Fsp3) is 0.250. The van der Waals surface area contributed by atoms with E-state index in [1.165, 1.54) is 12.1 Å². The Kier molecular flexibility index (Phi) is 2.99. The van der Waals surface area contributed by atoms with Gasteiger partial charge in [0.25, 0.3) is 5.56 Å². The second-order valence-corrected chi connectivity index (χ2v) is 3.90. The molecule has 1 unspecified atom stereocenters. The van der Waals surface area contributed by atoms with Crippen molar-refractivity contribution >= 4 is 0 Å². The molecule has 0 aliphatic carbocycles. The fourth-order valence-corrected chi connectivity index (χ4v) is 1.62.